The van der Waals surface area contributed by atoms with Gasteiger partial charge in [-0.3, -0.25) is 58.0 Å². The molecule has 4 atom stereocenters. The second-order valence-corrected chi connectivity index (χ2v) is 15.2. The minimum Gasteiger partial charge on any atom is -0.480 e. The smallest absolute Gasteiger partial charge is 0.326 e. The Balaban J connectivity index is 2.16. The van der Waals surface area contributed by atoms with E-state index in [0.717, 1.165) is 0 Å². The van der Waals surface area contributed by atoms with Crippen molar-refractivity contribution in [1.82, 2.24) is 35.6 Å². The number of Topliss-reactive ketones (excluding diaryl/α,β-unsaturated/α-hetero) is 1. The monoisotopic (exact) mass is 863 g/mol. The second kappa shape index (κ2) is 27.4. The van der Waals surface area contributed by atoms with Gasteiger partial charge in [0.15, 0.2) is 5.78 Å². The van der Waals surface area contributed by atoms with Crippen LogP contribution >= 0.6 is 0 Å². The van der Waals surface area contributed by atoms with Crippen LogP contribution in [0.3, 0.4) is 0 Å². The predicted octanol–water partition coefficient (Wildman–Crippen LogP) is -1.11. The van der Waals surface area contributed by atoms with Crippen LogP contribution in [-0.2, 0) is 49.6 Å². The summed E-state index contributed by atoms with van der Waals surface area (Å²) in [5.74, 6) is -9.00. The number of rotatable bonds is 25. The van der Waals surface area contributed by atoms with Gasteiger partial charge in [-0.2, -0.15) is 0 Å². The number of carbonyl (C=O) groups is 9. The molecular weight excluding hydrogens is 802 g/mol. The maximum Gasteiger partial charge on any atom is 0.326 e. The zero-order valence-electron chi connectivity index (χ0n) is 34.8. The number of unbranched alkanes of at least 4 members (excludes halogenated alkanes) is 1. The Morgan fingerprint density at radius 1 is 0.656 bits per heavy atom. The van der Waals surface area contributed by atoms with Gasteiger partial charge >= 0.3 is 29.8 Å². The summed E-state index contributed by atoms with van der Waals surface area (Å²) in [5, 5.41) is 56.3. The summed E-state index contributed by atoms with van der Waals surface area (Å²) in [6.07, 6.45) is 0.138. The van der Waals surface area contributed by atoms with E-state index in [1.807, 2.05) is 0 Å². The molecular formula is C40H61N7O14. The molecule has 1 aromatic rings. The summed E-state index contributed by atoms with van der Waals surface area (Å²) in [4.78, 5) is 117. The predicted molar refractivity (Wildman–Crippen MR) is 217 cm³/mol. The first kappa shape index (κ1) is 51.6. The molecule has 1 aliphatic heterocycles. The van der Waals surface area contributed by atoms with Crippen LogP contribution in [0.1, 0.15) is 57.9 Å². The summed E-state index contributed by atoms with van der Waals surface area (Å²) in [7, 11) is 0. The van der Waals surface area contributed by atoms with E-state index in [4.69, 9.17) is 0 Å². The molecule has 0 aromatic heterocycles. The largest absolute Gasteiger partial charge is 0.480 e. The Morgan fingerprint density at radius 3 is 1.62 bits per heavy atom. The van der Waals surface area contributed by atoms with E-state index in [1.165, 1.54) is 18.7 Å². The molecule has 0 unspecified atom stereocenters. The molecule has 1 heterocycles. The van der Waals surface area contributed by atoms with Crippen molar-refractivity contribution < 1.29 is 68.7 Å². The highest BCUT2D eigenvalue weighted by molar-refractivity contribution is 5.93. The summed E-state index contributed by atoms with van der Waals surface area (Å²) in [5.41, 5.74) is 0.716. The molecule has 0 saturated carbocycles. The molecule has 0 bridgehead atoms. The molecule has 0 radical (unpaired) electrons. The summed E-state index contributed by atoms with van der Waals surface area (Å²) in [6.45, 7) is 2.73. The number of carboxylic acid groups (broad SMARTS) is 5. The first-order chi connectivity index (χ1) is 28.8. The number of nitrogens with zero attached hydrogens (tertiary/aromatic N) is 4. The third-order valence-corrected chi connectivity index (χ3v) is 10.2. The molecule has 8 N–H and O–H groups in total. The van der Waals surface area contributed by atoms with Gasteiger partial charge in [-0.15, -0.1) is 0 Å². The fourth-order valence-corrected chi connectivity index (χ4v) is 6.90. The highest BCUT2D eigenvalue weighted by Gasteiger charge is 2.31. The molecule has 21 nitrogen and oxygen atoms in total. The van der Waals surface area contributed by atoms with Gasteiger partial charge in [0, 0.05) is 84.6 Å². The normalized spacial score (nSPS) is 17.0. The number of hydrogen-bond donors (Lipinski definition) is 8. The van der Waals surface area contributed by atoms with Crippen LogP contribution in [-0.4, -0.2) is 195 Å². The molecule has 1 fully saturated rings. The van der Waals surface area contributed by atoms with Gasteiger partial charge in [0.1, 0.15) is 12.1 Å². The topological polar surface area (TPSA) is 304 Å². The van der Waals surface area contributed by atoms with Gasteiger partial charge in [0.05, 0.1) is 25.7 Å². The highest BCUT2D eigenvalue weighted by atomic mass is 16.4. The van der Waals surface area contributed by atoms with Gasteiger partial charge in [0.2, 0.25) is 17.7 Å². The summed E-state index contributed by atoms with van der Waals surface area (Å²) >= 11 is 0. The van der Waals surface area contributed by atoms with Gasteiger partial charge < -0.3 is 41.5 Å². The van der Waals surface area contributed by atoms with Crippen molar-refractivity contribution in [2.45, 2.75) is 76.9 Å². The minimum absolute atomic E-state index is 0.0191. The van der Waals surface area contributed by atoms with Crippen LogP contribution in [0.5, 0.6) is 0 Å². The van der Waals surface area contributed by atoms with Crippen LogP contribution in [0.4, 0.5) is 0 Å². The van der Waals surface area contributed by atoms with Crippen LogP contribution in [0, 0.1) is 5.92 Å². The van der Waals surface area contributed by atoms with E-state index in [9.17, 15) is 68.7 Å². The second-order valence-electron chi connectivity index (χ2n) is 15.2. The van der Waals surface area contributed by atoms with E-state index in [0.29, 0.717) is 24.9 Å². The number of carboxylic acids is 5. The Bertz CT molecular complexity index is 1620. The Kier molecular flexibility index (Phi) is 23.2. The average Bonchev–Trinajstić information content (AvgIpc) is 3.17. The molecule has 340 valence electrons. The minimum atomic E-state index is -1.28. The molecule has 1 aliphatic rings. The van der Waals surface area contributed by atoms with Crippen LogP contribution in [0.15, 0.2) is 30.3 Å². The van der Waals surface area contributed by atoms with E-state index < -0.39 is 84.6 Å². The van der Waals surface area contributed by atoms with Crippen molar-refractivity contribution in [1.29, 1.82) is 0 Å². The Labute approximate surface area is 354 Å². The number of carbonyl (C=O) groups excluding carboxylic acids is 4. The number of hydrogen-bond acceptors (Lipinski definition) is 13. The molecule has 1 saturated heterocycles. The number of benzene rings is 1. The maximum atomic E-state index is 13.5. The lowest BCUT2D eigenvalue weighted by atomic mass is 9.91. The van der Waals surface area contributed by atoms with Gasteiger partial charge in [-0.1, -0.05) is 30.3 Å². The fourth-order valence-electron chi connectivity index (χ4n) is 6.90. The third-order valence-electron chi connectivity index (χ3n) is 10.2. The molecule has 3 amide bonds. The molecule has 1 aromatic carbocycles. The molecule has 61 heavy (non-hydrogen) atoms. The lowest BCUT2D eigenvalue weighted by Crippen LogP contribution is -2.52. The number of nitrogens with one attached hydrogen (secondary N) is 3. The van der Waals surface area contributed by atoms with Crippen molar-refractivity contribution in [2.24, 2.45) is 5.92 Å². The SMILES string of the molecule is CC(=O)NCCCC[C@@H](NC(=O)[C@H](CC(=O)[C@@H](C)NC(=O)CC[C@H](C(=O)O)N1CCN(CC(=O)O)CCN(CC(=O)O)CCN(CC(=O)O)CC1)Cc1ccccc1)C(=O)O. The van der Waals surface area contributed by atoms with Crippen molar-refractivity contribution in [2.75, 3.05) is 78.5 Å². The lowest BCUT2D eigenvalue weighted by Gasteiger charge is -2.35. The zero-order chi connectivity index (χ0) is 45.5. The van der Waals surface area contributed by atoms with Gasteiger partial charge in [-0.25, -0.2) is 4.79 Å². The molecule has 21 heteroatoms. The quantitative estimate of drug-likeness (QED) is 0.0541. The first-order valence-electron chi connectivity index (χ1n) is 20.3. The highest BCUT2D eigenvalue weighted by Crippen LogP contribution is 2.17. The lowest BCUT2D eigenvalue weighted by molar-refractivity contribution is -0.145. The Hall–Kier alpha value is -5.51. The van der Waals surface area contributed by atoms with Crippen LogP contribution in [0.25, 0.3) is 0 Å². The first-order valence-corrected chi connectivity index (χ1v) is 20.3. The Morgan fingerprint density at radius 2 is 1.16 bits per heavy atom. The fraction of sp³-hybridized carbons (Fsp3) is 0.625. The molecule has 0 spiro atoms. The van der Waals surface area contributed by atoms with E-state index >= 15 is 0 Å². The number of aliphatic carboxylic acids is 5. The maximum absolute atomic E-state index is 13.5. The average molecular weight is 864 g/mol. The van der Waals surface area contributed by atoms with E-state index in [-0.39, 0.29) is 96.9 Å². The third kappa shape index (κ3) is 21.5. The van der Waals surface area contributed by atoms with Crippen molar-refractivity contribution in [3.63, 3.8) is 0 Å². The van der Waals surface area contributed by atoms with Gasteiger partial charge in [0.25, 0.3) is 0 Å². The number of amides is 3. The van der Waals surface area contributed by atoms with Crippen molar-refractivity contribution in [3.8, 4) is 0 Å². The van der Waals surface area contributed by atoms with E-state index in [2.05, 4.69) is 16.0 Å². The standard InChI is InChI=1S/C40H61N7O14/c1-27(33(49)23-30(22-29-8-4-3-5-9-29)38(57)43-31(39(58)59)10-6-7-13-41-28(2)48)42-34(50)12-11-32(40(60)61)47-20-18-45(25-36(53)54)16-14-44(24-35(51)52)15-17-46(19-21-47)26-37(55)56/h3-5,8-9,27,30-32H,6-7,10-26H2,1-2H3,(H,41,48)(H,42,50)(H,43,57)(H,51,52)(H,53,54)(H,55,56)(H,58,59)(H,60,61)/t27-,30+,31-,32-/m1/s1. The van der Waals surface area contributed by atoms with Gasteiger partial charge in [-0.05, 0) is 44.6 Å². The molecule has 0 aliphatic carbocycles. The zero-order valence-corrected chi connectivity index (χ0v) is 34.8. The van der Waals surface area contributed by atoms with Crippen LogP contribution < -0.4 is 16.0 Å². The van der Waals surface area contributed by atoms with E-state index in [1.54, 1.807) is 45.0 Å². The summed E-state index contributed by atoms with van der Waals surface area (Å²) < 4.78 is 0. The number of ketones is 1. The van der Waals surface area contributed by atoms with Crippen molar-refractivity contribution in [3.05, 3.63) is 35.9 Å². The molecule has 2 rings (SSSR count). The summed E-state index contributed by atoms with van der Waals surface area (Å²) in [6, 6.07) is 5.17. The van der Waals surface area contributed by atoms with Crippen LogP contribution in [0.2, 0.25) is 0 Å². The van der Waals surface area contributed by atoms with Crippen molar-refractivity contribution >= 4 is 53.4 Å².